The molecule has 1 aromatic carbocycles. The molecule has 1 N–H and O–H groups in total. The van der Waals surface area contributed by atoms with Crippen LogP contribution in [0.2, 0.25) is 0 Å². The van der Waals surface area contributed by atoms with Crippen molar-refractivity contribution in [2.45, 2.75) is 0 Å². The fourth-order valence-electron chi connectivity index (χ4n) is 1.55. The molecule has 0 aliphatic rings. The Bertz CT molecular complexity index is 578. The standard InChI is InChI=1S/C13H11NO3/c1-2-8-17-12-7-6-9-10(13(15)16)4-3-5-11(9)14-12/h2-7H,1,8H2,(H,15,16). The molecule has 86 valence electrons. The highest BCUT2D eigenvalue weighted by Crippen LogP contribution is 2.20. The van der Waals surface area contributed by atoms with Crippen LogP contribution in [-0.4, -0.2) is 22.7 Å². The molecule has 0 saturated carbocycles. The monoisotopic (exact) mass is 229 g/mol. The summed E-state index contributed by atoms with van der Waals surface area (Å²) in [7, 11) is 0. The van der Waals surface area contributed by atoms with Gasteiger partial charge in [0.05, 0.1) is 11.1 Å². The van der Waals surface area contributed by atoms with E-state index in [4.69, 9.17) is 9.84 Å². The topological polar surface area (TPSA) is 59.4 Å². The van der Waals surface area contributed by atoms with Gasteiger partial charge in [-0.1, -0.05) is 18.7 Å². The molecule has 17 heavy (non-hydrogen) atoms. The first-order valence-electron chi connectivity index (χ1n) is 5.09. The number of ether oxygens (including phenoxy) is 1. The summed E-state index contributed by atoms with van der Waals surface area (Å²) in [5, 5.41) is 9.62. The number of benzene rings is 1. The minimum absolute atomic E-state index is 0.241. The Kier molecular flexibility index (Phi) is 3.05. The second-order valence-corrected chi connectivity index (χ2v) is 3.43. The van der Waals surface area contributed by atoms with Crippen LogP contribution in [0.4, 0.5) is 0 Å². The van der Waals surface area contributed by atoms with Gasteiger partial charge < -0.3 is 9.84 Å². The zero-order valence-electron chi connectivity index (χ0n) is 9.09. The van der Waals surface area contributed by atoms with Gasteiger partial charge in [-0.05, 0) is 18.2 Å². The highest BCUT2D eigenvalue weighted by molar-refractivity contribution is 6.02. The molecule has 2 rings (SSSR count). The highest BCUT2D eigenvalue weighted by atomic mass is 16.5. The third-order valence-corrected chi connectivity index (χ3v) is 2.29. The van der Waals surface area contributed by atoms with Gasteiger partial charge >= 0.3 is 5.97 Å². The average Bonchev–Trinajstić information content (AvgIpc) is 2.35. The summed E-state index contributed by atoms with van der Waals surface area (Å²) in [6.07, 6.45) is 1.62. The van der Waals surface area contributed by atoms with E-state index >= 15 is 0 Å². The van der Waals surface area contributed by atoms with Crippen LogP contribution in [0.1, 0.15) is 10.4 Å². The zero-order valence-corrected chi connectivity index (χ0v) is 9.09. The number of aromatic nitrogens is 1. The van der Waals surface area contributed by atoms with Gasteiger partial charge in [-0.3, -0.25) is 0 Å². The van der Waals surface area contributed by atoms with E-state index in [1.54, 1.807) is 36.4 Å². The largest absolute Gasteiger partial charge is 0.478 e. The summed E-state index contributed by atoms with van der Waals surface area (Å²) < 4.78 is 5.29. The number of fused-ring (bicyclic) bond motifs is 1. The molecule has 0 fully saturated rings. The third kappa shape index (κ3) is 2.25. The molecule has 0 spiro atoms. The van der Waals surface area contributed by atoms with Gasteiger partial charge in [0.2, 0.25) is 5.88 Å². The molecule has 0 atom stereocenters. The number of nitrogens with zero attached hydrogens (tertiary/aromatic N) is 1. The van der Waals surface area contributed by atoms with Crippen molar-refractivity contribution in [2.24, 2.45) is 0 Å². The molecule has 2 aromatic rings. The maximum absolute atomic E-state index is 11.0. The third-order valence-electron chi connectivity index (χ3n) is 2.29. The van der Waals surface area contributed by atoms with Crippen LogP contribution in [0.15, 0.2) is 43.0 Å². The van der Waals surface area contributed by atoms with Crippen LogP contribution in [-0.2, 0) is 0 Å². The first-order valence-corrected chi connectivity index (χ1v) is 5.09. The van der Waals surface area contributed by atoms with Gasteiger partial charge in [0.15, 0.2) is 0 Å². The maximum Gasteiger partial charge on any atom is 0.336 e. The van der Waals surface area contributed by atoms with Crippen molar-refractivity contribution in [3.05, 3.63) is 48.6 Å². The number of hydrogen-bond acceptors (Lipinski definition) is 3. The fraction of sp³-hybridized carbons (Fsp3) is 0.0769. The normalized spacial score (nSPS) is 10.1. The molecular weight excluding hydrogens is 218 g/mol. The van der Waals surface area contributed by atoms with Gasteiger partial charge in [-0.15, -0.1) is 0 Å². The molecule has 0 unspecified atom stereocenters. The Hall–Kier alpha value is -2.36. The summed E-state index contributed by atoms with van der Waals surface area (Å²) in [6.45, 7) is 3.92. The van der Waals surface area contributed by atoms with E-state index in [1.807, 2.05) is 0 Å². The molecule has 0 radical (unpaired) electrons. The number of aromatic carboxylic acids is 1. The molecule has 1 heterocycles. The van der Waals surface area contributed by atoms with E-state index in [9.17, 15) is 4.79 Å². The van der Waals surface area contributed by atoms with Crippen molar-refractivity contribution in [3.8, 4) is 5.88 Å². The van der Waals surface area contributed by atoms with Crippen LogP contribution in [0.5, 0.6) is 5.88 Å². The summed E-state index contributed by atoms with van der Waals surface area (Å²) in [5.41, 5.74) is 0.844. The lowest BCUT2D eigenvalue weighted by Gasteiger charge is -2.05. The number of rotatable bonds is 4. The van der Waals surface area contributed by atoms with Crippen molar-refractivity contribution in [1.29, 1.82) is 0 Å². The maximum atomic E-state index is 11.0. The molecule has 0 bridgehead atoms. The van der Waals surface area contributed by atoms with E-state index < -0.39 is 5.97 Å². The van der Waals surface area contributed by atoms with Gasteiger partial charge in [0.25, 0.3) is 0 Å². The van der Waals surface area contributed by atoms with Crippen molar-refractivity contribution in [3.63, 3.8) is 0 Å². The van der Waals surface area contributed by atoms with Crippen LogP contribution in [0, 0.1) is 0 Å². The second kappa shape index (κ2) is 4.65. The number of carboxylic acid groups (broad SMARTS) is 1. The van der Waals surface area contributed by atoms with E-state index in [0.717, 1.165) is 0 Å². The number of carboxylic acids is 1. The minimum Gasteiger partial charge on any atom is -0.478 e. The van der Waals surface area contributed by atoms with E-state index in [-0.39, 0.29) is 5.56 Å². The molecule has 4 nitrogen and oxygen atoms in total. The van der Waals surface area contributed by atoms with E-state index in [2.05, 4.69) is 11.6 Å². The van der Waals surface area contributed by atoms with Gasteiger partial charge in [0, 0.05) is 11.5 Å². The molecule has 1 aromatic heterocycles. The number of pyridine rings is 1. The van der Waals surface area contributed by atoms with E-state index in [1.165, 1.54) is 0 Å². The zero-order chi connectivity index (χ0) is 12.3. The van der Waals surface area contributed by atoms with Crippen molar-refractivity contribution < 1.29 is 14.6 Å². The van der Waals surface area contributed by atoms with Crippen LogP contribution in [0.3, 0.4) is 0 Å². The molecule has 0 aliphatic carbocycles. The Morgan fingerprint density at radius 1 is 1.41 bits per heavy atom. The average molecular weight is 229 g/mol. The van der Waals surface area contributed by atoms with E-state index in [0.29, 0.717) is 23.4 Å². The lowest BCUT2D eigenvalue weighted by Crippen LogP contribution is -1.99. The summed E-state index contributed by atoms with van der Waals surface area (Å²) >= 11 is 0. The Morgan fingerprint density at radius 2 is 2.24 bits per heavy atom. The minimum atomic E-state index is -0.961. The molecule has 4 heteroatoms. The van der Waals surface area contributed by atoms with Gasteiger partial charge in [-0.25, -0.2) is 9.78 Å². The first-order chi connectivity index (χ1) is 8.22. The van der Waals surface area contributed by atoms with Gasteiger partial charge in [-0.2, -0.15) is 0 Å². The summed E-state index contributed by atoms with van der Waals surface area (Å²) in [4.78, 5) is 15.2. The Morgan fingerprint density at radius 3 is 2.94 bits per heavy atom. The van der Waals surface area contributed by atoms with Crippen LogP contribution < -0.4 is 4.74 Å². The van der Waals surface area contributed by atoms with Crippen molar-refractivity contribution >= 4 is 16.9 Å². The lowest BCUT2D eigenvalue weighted by atomic mass is 10.1. The fourth-order valence-corrected chi connectivity index (χ4v) is 1.55. The lowest BCUT2D eigenvalue weighted by molar-refractivity contribution is 0.0699. The second-order valence-electron chi connectivity index (χ2n) is 3.43. The number of hydrogen-bond donors (Lipinski definition) is 1. The highest BCUT2D eigenvalue weighted by Gasteiger charge is 2.09. The van der Waals surface area contributed by atoms with Gasteiger partial charge in [0.1, 0.15) is 6.61 Å². The summed E-state index contributed by atoms with van der Waals surface area (Å²) in [6, 6.07) is 8.32. The summed E-state index contributed by atoms with van der Waals surface area (Å²) in [5.74, 6) is -0.503. The smallest absolute Gasteiger partial charge is 0.336 e. The SMILES string of the molecule is C=CCOc1ccc2c(C(=O)O)cccc2n1. The van der Waals surface area contributed by atoms with Crippen LogP contribution in [0.25, 0.3) is 10.9 Å². The molecular formula is C13H11NO3. The van der Waals surface area contributed by atoms with Crippen molar-refractivity contribution in [1.82, 2.24) is 4.98 Å². The predicted molar refractivity (Wildman–Crippen MR) is 64.4 cm³/mol. The molecule has 0 aliphatic heterocycles. The Labute approximate surface area is 98.2 Å². The number of carbonyl (C=O) groups is 1. The van der Waals surface area contributed by atoms with Crippen molar-refractivity contribution in [2.75, 3.05) is 6.61 Å². The van der Waals surface area contributed by atoms with Crippen LogP contribution >= 0.6 is 0 Å². The Balaban J connectivity index is 2.49. The predicted octanol–water partition coefficient (Wildman–Crippen LogP) is 2.50. The first kappa shape index (κ1) is 11.1. The quantitative estimate of drug-likeness (QED) is 0.818. The molecule has 0 amide bonds. The molecule has 0 saturated heterocycles.